The molecule has 0 aliphatic carbocycles. The highest BCUT2D eigenvalue weighted by Gasteiger charge is 2.39. The second kappa shape index (κ2) is 6.67. The van der Waals surface area contributed by atoms with E-state index in [4.69, 9.17) is 0 Å². The molecule has 5 heteroatoms. The third-order valence-corrected chi connectivity index (χ3v) is 4.14. The number of carbonyl (C=O) groups is 1. The number of hydrogen-bond acceptors (Lipinski definition) is 3. The number of β-amino-alcohol motifs (C(OH)–C–C–N with tert-alkyl or cyclic N) is 1. The maximum Gasteiger partial charge on any atom is 0.408 e. The highest BCUT2D eigenvalue weighted by Crippen LogP contribution is 2.25. The Labute approximate surface area is 132 Å². The molecule has 0 saturated carbocycles. The predicted octanol–water partition coefficient (Wildman–Crippen LogP) is 2.40. The number of piperidine rings is 1. The van der Waals surface area contributed by atoms with Gasteiger partial charge in [0.05, 0.1) is 12.1 Å². The van der Waals surface area contributed by atoms with Crippen LogP contribution in [0.3, 0.4) is 0 Å². The summed E-state index contributed by atoms with van der Waals surface area (Å²) in [5, 5.41) is 19.9. The number of aliphatic hydroxyl groups is 1. The second-order valence-corrected chi connectivity index (χ2v) is 6.97. The normalized spacial score (nSPS) is 23.3. The van der Waals surface area contributed by atoms with Gasteiger partial charge in [-0.3, -0.25) is 9.80 Å². The molecule has 1 amide bonds. The van der Waals surface area contributed by atoms with Crippen LogP contribution in [0.5, 0.6) is 0 Å². The molecule has 2 N–H and O–H groups in total. The van der Waals surface area contributed by atoms with E-state index in [-0.39, 0.29) is 6.04 Å². The van der Waals surface area contributed by atoms with Crippen molar-refractivity contribution in [1.29, 1.82) is 0 Å². The number of likely N-dealkylation sites (tertiary alicyclic amines) is 1. The zero-order valence-corrected chi connectivity index (χ0v) is 13.6. The summed E-state index contributed by atoms with van der Waals surface area (Å²) in [5.74, 6) is 0. The van der Waals surface area contributed by atoms with Gasteiger partial charge in [-0.25, -0.2) is 4.79 Å². The first-order chi connectivity index (χ1) is 10.3. The molecule has 0 spiro atoms. The molecule has 22 heavy (non-hydrogen) atoms. The van der Waals surface area contributed by atoms with Gasteiger partial charge in [0.2, 0.25) is 0 Å². The molecule has 1 fully saturated rings. The Morgan fingerprint density at radius 3 is 2.45 bits per heavy atom. The van der Waals surface area contributed by atoms with Crippen molar-refractivity contribution >= 4 is 6.09 Å². The zero-order valence-electron chi connectivity index (χ0n) is 13.6. The van der Waals surface area contributed by atoms with E-state index < -0.39 is 17.7 Å². The standard InChI is InChI=1S/C17H26N2O3/c1-17(2,3)19(16(21)22)14-9-10-18(12-15(14)20)11-13-7-5-4-6-8-13/h4-8,14-15,20H,9-12H2,1-3H3,(H,21,22). The van der Waals surface area contributed by atoms with Gasteiger partial charge >= 0.3 is 6.09 Å². The lowest BCUT2D eigenvalue weighted by molar-refractivity contribution is -0.0367. The van der Waals surface area contributed by atoms with Gasteiger partial charge in [0.15, 0.2) is 0 Å². The van der Waals surface area contributed by atoms with E-state index >= 15 is 0 Å². The maximum atomic E-state index is 11.6. The number of aliphatic hydroxyl groups excluding tert-OH is 1. The molecular weight excluding hydrogens is 280 g/mol. The Hall–Kier alpha value is -1.59. The van der Waals surface area contributed by atoms with Crippen molar-refractivity contribution in [3.8, 4) is 0 Å². The van der Waals surface area contributed by atoms with E-state index in [1.165, 1.54) is 10.5 Å². The third-order valence-electron chi connectivity index (χ3n) is 4.14. The van der Waals surface area contributed by atoms with Crippen molar-refractivity contribution in [1.82, 2.24) is 9.80 Å². The average Bonchev–Trinajstić information content (AvgIpc) is 2.41. The van der Waals surface area contributed by atoms with Crippen LogP contribution in [0.2, 0.25) is 0 Å². The minimum Gasteiger partial charge on any atom is -0.465 e. The summed E-state index contributed by atoms with van der Waals surface area (Å²) in [7, 11) is 0. The van der Waals surface area contributed by atoms with Crippen molar-refractivity contribution in [2.45, 2.75) is 51.4 Å². The molecule has 2 atom stereocenters. The van der Waals surface area contributed by atoms with Gasteiger partial charge < -0.3 is 10.2 Å². The van der Waals surface area contributed by atoms with Gasteiger partial charge in [-0.05, 0) is 32.8 Å². The highest BCUT2D eigenvalue weighted by molar-refractivity contribution is 5.66. The van der Waals surface area contributed by atoms with Crippen LogP contribution in [0.1, 0.15) is 32.8 Å². The maximum absolute atomic E-state index is 11.6. The van der Waals surface area contributed by atoms with Gasteiger partial charge in [-0.2, -0.15) is 0 Å². The van der Waals surface area contributed by atoms with Crippen LogP contribution in [0, 0.1) is 0 Å². The summed E-state index contributed by atoms with van der Waals surface area (Å²) in [6.45, 7) is 7.67. The number of hydrogen-bond donors (Lipinski definition) is 2. The third kappa shape index (κ3) is 3.99. The summed E-state index contributed by atoms with van der Waals surface area (Å²) in [4.78, 5) is 15.1. The SMILES string of the molecule is CC(C)(C)N(C(=O)O)C1CCN(Cc2ccccc2)CC1O. The fourth-order valence-electron chi connectivity index (χ4n) is 3.20. The second-order valence-electron chi connectivity index (χ2n) is 6.97. The topological polar surface area (TPSA) is 64.0 Å². The quantitative estimate of drug-likeness (QED) is 0.900. The van der Waals surface area contributed by atoms with Crippen molar-refractivity contribution < 1.29 is 15.0 Å². The largest absolute Gasteiger partial charge is 0.465 e. The molecule has 1 aliphatic heterocycles. The fraction of sp³-hybridized carbons (Fsp3) is 0.588. The Kier molecular flexibility index (Phi) is 5.08. The molecule has 2 rings (SSSR count). The first kappa shape index (κ1) is 16.8. The van der Waals surface area contributed by atoms with Gasteiger partial charge in [0.1, 0.15) is 0 Å². The van der Waals surface area contributed by atoms with Gasteiger partial charge in [0, 0.05) is 25.2 Å². The van der Waals surface area contributed by atoms with Crippen LogP contribution in [-0.4, -0.2) is 56.9 Å². The van der Waals surface area contributed by atoms with E-state index in [0.717, 1.165) is 13.1 Å². The van der Waals surface area contributed by atoms with E-state index in [9.17, 15) is 15.0 Å². The molecule has 0 aromatic heterocycles. The molecule has 2 unspecified atom stereocenters. The average molecular weight is 306 g/mol. The summed E-state index contributed by atoms with van der Waals surface area (Å²) in [6, 6.07) is 9.78. The fourth-order valence-corrected chi connectivity index (χ4v) is 3.20. The molecular formula is C17H26N2O3. The minimum absolute atomic E-state index is 0.343. The van der Waals surface area contributed by atoms with Gasteiger partial charge in [-0.1, -0.05) is 30.3 Å². The van der Waals surface area contributed by atoms with Crippen LogP contribution < -0.4 is 0 Å². The van der Waals surface area contributed by atoms with Crippen molar-refractivity contribution in [2.75, 3.05) is 13.1 Å². The van der Waals surface area contributed by atoms with Crippen LogP contribution >= 0.6 is 0 Å². The molecule has 1 aromatic carbocycles. The van der Waals surface area contributed by atoms with Gasteiger partial charge in [-0.15, -0.1) is 0 Å². The number of amides is 1. The number of nitrogens with zero attached hydrogens (tertiary/aromatic N) is 2. The molecule has 1 aromatic rings. The van der Waals surface area contributed by atoms with Crippen molar-refractivity contribution in [3.05, 3.63) is 35.9 Å². The number of rotatable bonds is 3. The lowest BCUT2D eigenvalue weighted by Gasteiger charge is -2.45. The lowest BCUT2D eigenvalue weighted by atomic mass is 9.94. The Balaban J connectivity index is 2.02. The Morgan fingerprint density at radius 2 is 1.95 bits per heavy atom. The molecule has 1 saturated heterocycles. The van der Waals surface area contributed by atoms with Crippen LogP contribution in [0.15, 0.2) is 30.3 Å². The molecule has 0 radical (unpaired) electrons. The summed E-state index contributed by atoms with van der Waals surface area (Å²) in [5.41, 5.74) is 0.693. The van der Waals surface area contributed by atoms with Crippen LogP contribution in [0.25, 0.3) is 0 Å². The van der Waals surface area contributed by atoms with Crippen LogP contribution in [-0.2, 0) is 6.54 Å². The molecule has 1 heterocycles. The summed E-state index contributed by atoms with van der Waals surface area (Å²) < 4.78 is 0. The van der Waals surface area contributed by atoms with Crippen molar-refractivity contribution in [2.24, 2.45) is 0 Å². The first-order valence-electron chi connectivity index (χ1n) is 7.75. The van der Waals surface area contributed by atoms with Crippen molar-refractivity contribution in [3.63, 3.8) is 0 Å². The van der Waals surface area contributed by atoms with E-state index in [1.54, 1.807) is 0 Å². The Morgan fingerprint density at radius 1 is 1.32 bits per heavy atom. The molecule has 1 aliphatic rings. The minimum atomic E-state index is -0.965. The molecule has 122 valence electrons. The monoisotopic (exact) mass is 306 g/mol. The predicted molar refractivity (Wildman–Crippen MR) is 85.7 cm³/mol. The summed E-state index contributed by atoms with van der Waals surface area (Å²) >= 11 is 0. The smallest absolute Gasteiger partial charge is 0.408 e. The van der Waals surface area contributed by atoms with E-state index in [2.05, 4.69) is 17.0 Å². The molecule has 5 nitrogen and oxygen atoms in total. The first-order valence-corrected chi connectivity index (χ1v) is 7.75. The van der Waals surface area contributed by atoms with E-state index in [0.29, 0.717) is 13.0 Å². The Bertz CT molecular complexity index is 498. The highest BCUT2D eigenvalue weighted by atomic mass is 16.4. The van der Waals surface area contributed by atoms with E-state index in [1.807, 2.05) is 39.0 Å². The number of carboxylic acid groups (broad SMARTS) is 1. The van der Waals surface area contributed by atoms with Gasteiger partial charge in [0.25, 0.3) is 0 Å². The zero-order chi connectivity index (χ0) is 16.3. The molecule has 0 bridgehead atoms. The lowest BCUT2D eigenvalue weighted by Crippen LogP contribution is -2.60. The number of benzene rings is 1. The van der Waals surface area contributed by atoms with Crippen LogP contribution in [0.4, 0.5) is 4.79 Å². The summed E-state index contributed by atoms with van der Waals surface area (Å²) in [6.07, 6.45) is -0.974.